The van der Waals surface area contributed by atoms with Crippen LogP contribution < -0.4 is 0 Å². The molecule has 0 aromatic carbocycles. The maximum absolute atomic E-state index is 14.1. The molecule has 0 spiro atoms. The Labute approximate surface area is 111 Å². The lowest BCUT2D eigenvalue weighted by Gasteiger charge is -2.20. The average molecular weight is 272 g/mol. The van der Waals surface area contributed by atoms with Crippen LogP contribution in [0.3, 0.4) is 0 Å². The SMILES string of the molecule is CC(CCF)c1cc([N+](=O)[O-])c(C(C)(C)C)c(F)n1. The molecule has 0 radical (unpaired) electrons. The maximum atomic E-state index is 14.1. The maximum Gasteiger partial charge on any atom is 0.279 e. The van der Waals surface area contributed by atoms with Crippen LogP contribution in [0.25, 0.3) is 0 Å². The number of alkyl halides is 1. The topological polar surface area (TPSA) is 56.0 Å². The van der Waals surface area contributed by atoms with E-state index in [1.54, 1.807) is 27.7 Å². The smallest absolute Gasteiger partial charge is 0.258 e. The predicted molar refractivity (Wildman–Crippen MR) is 68.6 cm³/mol. The first-order valence-corrected chi connectivity index (χ1v) is 6.09. The average Bonchev–Trinajstić information content (AvgIpc) is 2.26. The van der Waals surface area contributed by atoms with Gasteiger partial charge in [-0.3, -0.25) is 14.5 Å². The Morgan fingerprint density at radius 2 is 2.05 bits per heavy atom. The van der Waals surface area contributed by atoms with Gasteiger partial charge in [0.2, 0.25) is 5.95 Å². The van der Waals surface area contributed by atoms with E-state index in [0.717, 1.165) is 0 Å². The number of nitro groups is 1. The summed E-state index contributed by atoms with van der Waals surface area (Å²) in [6.45, 7) is 6.15. The quantitative estimate of drug-likeness (QED) is 0.474. The van der Waals surface area contributed by atoms with Gasteiger partial charge in [-0.1, -0.05) is 27.7 Å². The summed E-state index contributed by atoms with van der Waals surface area (Å²) in [4.78, 5) is 14.2. The van der Waals surface area contributed by atoms with Crippen LogP contribution in [-0.4, -0.2) is 16.6 Å². The number of aromatic nitrogens is 1. The summed E-state index contributed by atoms with van der Waals surface area (Å²) in [6.07, 6.45) is 0.165. The molecule has 1 unspecified atom stereocenters. The molecule has 0 aliphatic carbocycles. The summed E-state index contributed by atoms with van der Waals surface area (Å²) >= 11 is 0. The van der Waals surface area contributed by atoms with Gasteiger partial charge in [-0.2, -0.15) is 4.39 Å². The number of nitrogens with zero attached hydrogens (tertiary/aromatic N) is 2. The van der Waals surface area contributed by atoms with Crippen LogP contribution in [0.15, 0.2) is 6.07 Å². The molecule has 106 valence electrons. The fraction of sp³-hybridized carbons (Fsp3) is 0.615. The molecule has 0 amide bonds. The molecule has 0 N–H and O–H groups in total. The Morgan fingerprint density at radius 3 is 2.47 bits per heavy atom. The first kappa shape index (κ1) is 15.5. The molecule has 1 atom stereocenters. The van der Waals surface area contributed by atoms with Crippen molar-refractivity contribution in [2.45, 2.75) is 45.4 Å². The Hall–Kier alpha value is -1.59. The van der Waals surface area contributed by atoms with Crippen LogP contribution in [0.2, 0.25) is 0 Å². The van der Waals surface area contributed by atoms with Gasteiger partial charge in [-0.15, -0.1) is 0 Å². The molecule has 6 heteroatoms. The zero-order chi connectivity index (χ0) is 14.8. The van der Waals surface area contributed by atoms with Gasteiger partial charge < -0.3 is 0 Å². The minimum atomic E-state index is -0.845. The molecule has 1 rings (SSSR count). The van der Waals surface area contributed by atoms with Crippen molar-refractivity contribution in [2.75, 3.05) is 6.67 Å². The summed E-state index contributed by atoms with van der Waals surface area (Å²) in [7, 11) is 0. The largest absolute Gasteiger partial charge is 0.279 e. The van der Waals surface area contributed by atoms with Crippen molar-refractivity contribution in [3.05, 3.63) is 33.4 Å². The van der Waals surface area contributed by atoms with E-state index in [0.29, 0.717) is 0 Å². The van der Waals surface area contributed by atoms with Gasteiger partial charge >= 0.3 is 0 Å². The lowest BCUT2D eigenvalue weighted by atomic mass is 9.86. The van der Waals surface area contributed by atoms with E-state index in [1.165, 1.54) is 6.07 Å². The second-order valence-corrected chi connectivity index (χ2v) is 5.62. The van der Waals surface area contributed by atoms with Gasteiger partial charge in [0.15, 0.2) is 0 Å². The van der Waals surface area contributed by atoms with Gasteiger partial charge in [0.05, 0.1) is 22.9 Å². The van der Waals surface area contributed by atoms with E-state index in [1.807, 2.05) is 0 Å². The van der Waals surface area contributed by atoms with Crippen molar-refractivity contribution in [3.8, 4) is 0 Å². The third-order valence-electron chi connectivity index (χ3n) is 2.97. The van der Waals surface area contributed by atoms with Gasteiger partial charge in [0, 0.05) is 12.0 Å². The van der Waals surface area contributed by atoms with Crippen LogP contribution >= 0.6 is 0 Å². The van der Waals surface area contributed by atoms with Gasteiger partial charge in [0.25, 0.3) is 5.69 Å². The Kier molecular flexibility index (Phi) is 4.55. The van der Waals surface area contributed by atoms with Crippen molar-refractivity contribution in [2.24, 2.45) is 0 Å². The molecule has 1 heterocycles. The van der Waals surface area contributed by atoms with E-state index in [9.17, 15) is 18.9 Å². The fourth-order valence-electron chi connectivity index (χ4n) is 1.92. The third kappa shape index (κ3) is 3.45. The number of pyridine rings is 1. The van der Waals surface area contributed by atoms with Crippen LogP contribution in [0.1, 0.15) is 51.3 Å². The van der Waals surface area contributed by atoms with Crippen LogP contribution in [0.4, 0.5) is 14.5 Å². The lowest BCUT2D eigenvalue weighted by Crippen LogP contribution is -2.18. The monoisotopic (exact) mass is 272 g/mol. The molecule has 19 heavy (non-hydrogen) atoms. The zero-order valence-corrected chi connectivity index (χ0v) is 11.5. The van der Waals surface area contributed by atoms with Crippen molar-refractivity contribution in [1.82, 2.24) is 4.98 Å². The molecule has 0 fully saturated rings. The molecule has 0 bridgehead atoms. The first-order chi connectivity index (χ1) is 8.68. The van der Waals surface area contributed by atoms with Crippen molar-refractivity contribution in [1.29, 1.82) is 0 Å². The molecule has 0 saturated heterocycles. The Bertz CT molecular complexity index is 484. The normalized spacial score (nSPS) is 13.4. The zero-order valence-electron chi connectivity index (χ0n) is 11.5. The third-order valence-corrected chi connectivity index (χ3v) is 2.97. The molecule has 4 nitrogen and oxygen atoms in total. The molecular formula is C13H18F2N2O2. The van der Waals surface area contributed by atoms with E-state index in [2.05, 4.69) is 4.98 Å². The fourth-order valence-corrected chi connectivity index (χ4v) is 1.92. The van der Waals surface area contributed by atoms with Crippen LogP contribution in [0, 0.1) is 16.1 Å². The van der Waals surface area contributed by atoms with Crippen molar-refractivity contribution >= 4 is 5.69 Å². The standard InChI is InChI=1S/C13H18F2N2O2/c1-8(5-6-14)9-7-10(17(18)19)11(12(15)16-9)13(2,3)4/h7-8H,5-6H2,1-4H3. The highest BCUT2D eigenvalue weighted by atomic mass is 19.1. The Morgan fingerprint density at radius 1 is 1.47 bits per heavy atom. The van der Waals surface area contributed by atoms with Crippen molar-refractivity contribution < 1.29 is 13.7 Å². The molecule has 0 aliphatic rings. The van der Waals surface area contributed by atoms with E-state index in [-0.39, 0.29) is 29.3 Å². The predicted octanol–water partition coefficient (Wildman–Crippen LogP) is 3.89. The van der Waals surface area contributed by atoms with Gasteiger partial charge in [-0.25, -0.2) is 4.98 Å². The second-order valence-electron chi connectivity index (χ2n) is 5.62. The number of rotatable bonds is 4. The van der Waals surface area contributed by atoms with Crippen molar-refractivity contribution in [3.63, 3.8) is 0 Å². The van der Waals surface area contributed by atoms with Crippen LogP contribution in [0.5, 0.6) is 0 Å². The van der Waals surface area contributed by atoms with Gasteiger partial charge in [-0.05, 0) is 11.8 Å². The van der Waals surface area contributed by atoms with Gasteiger partial charge in [0.1, 0.15) is 0 Å². The summed E-state index contributed by atoms with van der Waals surface area (Å²) in [5, 5.41) is 11.1. The molecular weight excluding hydrogens is 254 g/mol. The highest BCUT2D eigenvalue weighted by molar-refractivity contribution is 5.45. The number of hydrogen-bond donors (Lipinski definition) is 0. The summed E-state index contributed by atoms with van der Waals surface area (Å²) in [5.74, 6) is -1.20. The first-order valence-electron chi connectivity index (χ1n) is 6.09. The highest BCUT2D eigenvalue weighted by Crippen LogP contribution is 2.34. The number of hydrogen-bond acceptors (Lipinski definition) is 3. The van der Waals surface area contributed by atoms with E-state index >= 15 is 0 Å². The van der Waals surface area contributed by atoms with E-state index in [4.69, 9.17) is 0 Å². The molecule has 1 aromatic rings. The summed E-state index contributed by atoms with van der Waals surface area (Å²) < 4.78 is 26.4. The molecule has 0 aliphatic heterocycles. The molecule has 1 aromatic heterocycles. The minimum Gasteiger partial charge on any atom is -0.258 e. The summed E-state index contributed by atoms with van der Waals surface area (Å²) in [6, 6.07) is 1.25. The molecule has 0 saturated carbocycles. The van der Waals surface area contributed by atoms with Crippen LogP contribution in [-0.2, 0) is 5.41 Å². The minimum absolute atomic E-state index is 0.0197. The summed E-state index contributed by atoms with van der Waals surface area (Å²) in [5.41, 5.74) is -0.814. The highest BCUT2D eigenvalue weighted by Gasteiger charge is 2.31. The Balaban J connectivity index is 3.42. The lowest BCUT2D eigenvalue weighted by molar-refractivity contribution is -0.386. The second kappa shape index (κ2) is 5.59. The number of halogens is 2. The van der Waals surface area contributed by atoms with E-state index < -0.39 is 23.0 Å².